The van der Waals surface area contributed by atoms with Gasteiger partial charge in [0.25, 0.3) is 0 Å². The third-order valence-corrected chi connectivity index (χ3v) is 3.65. The summed E-state index contributed by atoms with van der Waals surface area (Å²) in [5, 5.41) is 3.79. The van der Waals surface area contributed by atoms with Crippen LogP contribution in [0.1, 0.15) is 11.5 Å². The Morgan fingerprint density at radius 1 is 1.32 bits per heavy atom. The number of rotatable bonds is 3. The van der Waals surface area contributed by atoms with E-state index in [0.29, 0.717) is 5.57 Å². The van der Waals surface area contributed by atoms with Crippen LogP contribution < -0.4 is 0 Å². The van der Waals surface area contributed by atoms with E-state index in [-0.39, 0.29) is 0 Å². The van der Waals surface area contributed by atoms with E-state index in [9.17, 15) is 9.59 Å². The zero-order valence-electron chi connectivity index (χ0n) is 10.5. The summed E-state index contributed by atoms with van der Waals surface area (Å²) in [4.78, 5) is 27.6. The maximum Gasteiger partial charge on any atom is 0.335 e. The monoisotopic (exact) mass is 279 g/mol. The average Bonchev–Trinajstić information content (AvgIpc) is 2.98. The maximum atomic E-state index is 11.8. The van der Waals surface area contributed by atoms with Crippen molar-refractivity contribution in [3.05, 3.63) is 34.2 Å². The minimum absolute atomic E-state index is 0.360. The molecule has 2 rings (SSSR count). The maximum absolute atomic E-state index is 11.8. The molecular weight excluding hydrogens is 266 g/mol. The van der Waals surface area contributed by atoms with Crippen LogP contribution in [-0.4, -0.2) is 32.4 Å². The SMILES string of the molecule is COC(=O)C1=CN=CC(C(=O)OC)[C@@H]1c1ccsc1. The smallest absolute Gasteiger partial charge is 0.335 e. The molecule has 5 nitrogen and oxygen atoms in total. The first-order chi connectivity index (χ1) is 9.19. The van der Waals surface area contributed by atoms with Gasteiger partial charge in [0.15, 0.2) is 0 Å². The van der Waals surface area contributed by atoms with E-state index in [1.54, 1.807) is 0 Å². The molecule has 0 saturated heterocycles. The van der Waals surface area contributed by atoms with E-state index in [2.05, 4.69) is 4.99 Å². The van der Waals surface area contributed by atoms with E-state index in [1.165, 1.54) is 38.0 Å². The number of hydrogen-bond donors (Lipinski definition) is 0. The second kappa shape index (κ2) is 5.79. The van der Waals surface area contributed by atoms with Crippen LogP contribution in [0.15, 0.2) is 33.6 Å². The lowest BCUT2D eigenvalue weighted by Gasteiger charge is -2.25. The molecule has 6 heteroatoms. The molecule has 0 spiro atoms. The Kier molecular flexibility index (Phi) is 4.11. The second-order valence-electron chi connectivity index (χ2n) is 3.96. The third kappa shape index (κ3) is 2.58. The average molecular weight is 279 g/mol. The Labute approximate surface area is 114 Å². The number of esters is 2. The zero-order valence-corrected chi connectivity index (χ0v) is 11.3. The molecule has 0 bridgehead atoms. The number of carbonyl (C=O) groups excluding carboxylic acids is 2. The minimum Gasteiger partial charge on any atom is -0.468 e. The van der Waals surface area contributed by atoms with Crippen molar-refractivity contribution in [3.8, 4) is 0 Å². The first-order valence-electron chi connectivity index (χ1n) is 5.60. The molecule has 0 fully saturated rings. The molecule has 1 aromatic rings. The Hall–Kier alpha value is -1.95. The van der Waals surface area contributed by atoms with Crippen LogP contribution in [0.5, 0.6) is 0 Å². The van der Waals surface area contributed by atoms with Gasteiger partial charge in [0.2, 0.25) is 0 Å². The summed E-state index contributed by atoms with van der Waals surface area (Å²) in [5.74, 6) is -1.93. The van der Waals surface area contributed by atoms with E-state index < -0.39 is 23.8 Å². The molecule has 2 heterocycles. The number of thiophene rings is 1. The van der Waals surface area contributed by atoms with E-state index >= 15 is 0 Å². The van der Waals surface area contributed by atoms with Crippen LogP contribution in [0.25, 0.3) is 0 Å². The van der Waals surface area contributed by atoms with Crippen LogP contribution in [0.2, 0.25) is 0 Å². The molecular formula is C13H13NO4S. The molecule has 100 valence electrons. The van der Waals surface area contributed by atoms with Crippen molar-refractivity contribution in [2.24, 2.45) is 10.9 Å². The van der Waals surface area contributed by atoms with Gasteiger partial charge in [-0.3, -0.25) is 9.79 Å². The van der Waals surface area contributed by atoms with E-state index in [4.69, 9.17) is 9.47 Å². The molecule has 0 aliphatic carbocycles. The summed E-state index contributed by atoms with van der Waals surface area (Å²) < 4.78 is 9.52. The largest absolute Gasteiger partial charge is 0.468 e. The normalized spacial score (nSPS) is 21.7. The van der Waals surface area contributed by atoms with Crippen LogP contribution >= 0.6 is 11.3 Å². The molecule has 0 amide bonds. The lowest BCUT2D eigenvalue weighted by atomic mass is 9.81. The lowest BCUT2D eigenvalue weighted by Crippen LogP contribution is -2.30. The highest BCUT2D eigenvalue weighted by Gasteiger charge is 2.37. The first-order valence-corrected chi connectivity index (χ1v) is 6.55. The van der Waals surface area contributed by atoms with Gasteiger partial charge in [-0.15, -0.1) is 0 Å². The fourth-order valence-electron chi connectivity index (χ4n) is 2.05. The summed E-state index contributed by atoms with van der Waals surface area (Å²) in [5.41, 5.74) is 1.24. The Bertz CT molecular complexity index is 533. The number of hydrogen-bond acceptors (Lipinski definition) is 6. The first kappa shape index (κ1) is 13.5. The van der Waals surface area contributed by atoms with Crippen molar-refractivity contribution < 1.29 is 19.1 Å². The number of nitrogens with zero attached hydrogens (tertiary/aromatic N) is 1. The molecule has 1 aromatic heterocycles. The number of carbonyl (C=O) groups is 2. The van der Waals surface area contributed by atoms with Crippen molar-refractivity contribution >= 4 is 29.5 Å². The van der Waals surface area contributed by atoms with Crippen molar-refractivity contribution in [3.63, 3.8) is 0 Å². The van der Waals surface area contributed by atoms with Crippen molar-refractivity contribution in [1.82, 2.24) is 0 Å². The molecule has 0 saturated carbocycles. The van der Waals surface area contributed by atoms with Crippen molar-refractivity contribution in [1.29, 1.82) is 0 Å². The highest BCUT2D eigenvalue weighted by molar-refractivity contribution is 7.08. The third-order valence-electron chi connectivity index (χ3n) is 2.95. The minimum atomic E-state index is -0.612. The molecule has 2 atom stereocenters. The Morgan fingerprint density at radius 2 is 2.11 bits per heavy atom. The summed E-state index contributed by atoms with van der Waals surface area (Å²) in [7, 11) is 2.62. The predicted octanol–water partition coefficient (Wildman–Crippen LogP) is 1.76. The van der Waals surface area contributed by atoms with Gasteiger partial charge in [-0.25, -0.2) is 4.79 Å². The Morgan fingerprint density at radius 3 is 2.68 bits per heavy atom. The van der Waals surface area contributed by atoms with Gasteiger partial charge in [0.05, 0.1) is 19.8 Å². The quantitative estimate of drug-likeness (QED) is 0.791. The molecule has 1 aliphatic heterocycles. The van der Waals surface area contributed by atoms with Crippen LogP contribution in [0.3, 0.4) is 0 Å². The van der Waals surface area contributed by atoms with Crippen LogP contribution in [-0.2, 0) is 19.1 Å². The van der Waals surface area contributed by atoms with E-state index in [1.807, 2.05) is 16.8 Å². The van der Waals surface area contributed by atoms with Gasteiger partial charge in [-0.1, -0.05) is 0 Å². The van der Waals surface area contributed by atoms with Gasteiger partial charge in [0.1, 0.15) is 5.92 Å². The molecule has 19 heavy (non-hydrogen) atoms. The molecule has 1 unspecified atom stereocenters. The summed E-state index contributed by atoms with van der Waals surface area (Å²) in [6, 6.07) is 1.88. The number of methoxy groups -OCH3 is 2. The number of ether oxygens (including phenoxy) is 2. The standard InChI is InChI=1S/C13H13NO4S/c1-17-12(15)9-5-14-6-10(13(16)18-2)11(9)8-3-4-19-7-8/h3-7,9,11H,1-2H3/t9?,11-/m0/s1. The molecule has 0 radical (unpaired) electrons. The van der Waals surface area contributed by atoms with Crippen molar-refractivity contribution in [2.75, 3.05) is 14.2 Å². The van der Waals surface area contributed by atoms with Gasteiger partial charge in [-0.2, -0.15) is 11.3 Å². The molecule has 0 aromatic carbocycles. The molecule has 1 aliphatic rings. The zero-order chi connectivity index (χ0) is 13.8. The topological polar surface area (TPSA) is 65.0 Å². The Balaban J connectivity index is 2.43. The lowest BCUT2D eigenvalue weighted by molar-refractivity contribution is -0.143. The van der Waals surface area contributed by atoms with Crippen LogP contribution in [0, 0.1) is 5.92 Å². The second-order valence-corrected chi connectivity index (χ2v) is 4.74. The summed E-state index contributed by atoms with van der Waals surface area (Å²) in [6.07, 6.45) is 2.94. The van der Waals surface area contributed by atoms with Gasteiger partial charge >= 0.3 is 11.9 Å². The predicted molar refractivity (Wildman–Crippen MR) is 71.2 cm³/mol. The summed E-state index contributed by atoms with van der Waals surface area (Å²) >= 11 is 1.50. The van der Waals surface area contributed by atoms with Crippen molar-refractivity contribution in [2.45, 2.75) is 5.92 Å². The van der Waals surface area contributed by atoms with E-state index in [0.717, 1.165) is 5.56 Å². The van der Waals surface area contributed by atoms with Gasteiger partial charge in [-0.05, 0) is 22.4 Å². The molecule has 0 N–H and O–H groups in total. The summed E-state index contributed by atoms with van der Waals surface area (Å²) in [6.45, 7) is 0. The van der Waals surface area contributed by atoms with Gasteiger partial charge in [0, 0.05) is 18.3 Å². The fourth-order valence-corrected chi connectivity index (χ4v) is 2.74. The fraction of sp³-hybridized carbons (Fsp3) is 0.308. The van der Waals surface area contributed by atoms with Crippen LogP contribution in [0.4, 0.5) is 0 Å². The highest BCUT2D eigenvalue weighted by Crippen LogP contribution is 2.36. The highest BCUT2D eigenvalue weighted by atomic mass is 32.1. The number of aliphatic imine (C=N–C) groups is 1. The van der Waals surface area contributed by atoms with Gasteiger partial charge < -0.3 is 9.47 Å².